The third-order valence-electron chi connectivity index (χ3n) is 5.07. The zero-order valence-corrected chi connectivity index (χ0v) is 20.7. The lowest BCUT2D eigenvalue weighted by atomic mass is 10.1. The van der Waals surface area contributed by atoms with E-state index in [2.05, 4.69) is 28.8 Å². The standard InChI is InChI=1S/C24H24ClN5O2S/c1-13(2)22-26-10-14(3)21(29-22)17-7-6-8-19(9-17)30-15(4)27-23(20(25)24(30)31)32-11-18-12-33-16(5)28-18/h6-10,12-13H,11H2,1-5H3. The first kappa shape index (κ1) is 23.1. The van der Waals surface area contributed by atoms with Gasteiger partial charge in [0.05, 0.1) is 22.1 Å². The molecule has 0 saturated carbocycles. The van der Waals surface area contributed by atoms with E-state index in [1.54, 1.807) is 6.92 Å². The molecule has 1 aromatic carbocycles. The van der Waals surface area contributed by atoms with Crippen LogP contribution in [-0.2, 0) is 6.61 Å². The maximum atomic E-state index is 13.2. The Bertz CT molecular complexity index is 1380. The largest absolute Gasteiger partial charge is 0.470 e. The Morgan fingerprint density at radius 3 is 2.64 bits per heavy atom. The predicted molar refractivity (Wildman–Crippen MR) is 131 cm³/mol. The quantitative estimate of drug-likeness (QED) is 0.365. The maximum Gasteiger partial charge on any atom is 0.280 e. The number of benzene rings is 1. The summed E-state index contributed by atoms with van der Waals surface area (Å²) in [5.74, 6) is 1.55. The van der Waals surface area contributed by atoms with Crippen molar-refractivity contribution in [2.24, 2.45) is 0 Å². The summed E-state index contributed by atoms with van der Waals surface area (Å²) in [6, 6.07) is 7.60. The molecule has 0 aliphatic carbocycles. The van der Waals surface area contributed by atoms with Crippen LogP contribution in [-0.4, -0.2) is 24.5 Å². The fourth-order valence-corrected chi connectivity index (χ4v) is 4.20. The zero-order chi connectivity index (χ0) is 23.7. The van der Waals surface area contributed by atoms with E-state index < -0.39 is 5.56 Å². The van der Waals surface area contributed by atoms with Gasteiger partial charge in [0.2, 0.25) is 5.88 Å². The molecule has 0 bridgehead atoms. The van der Waals surface area contributed by atoms with E-state index in [9.17, 15) is 4.79 Å². The fraction of sp³-hybridized carbons (Fsp3) is 0.292. The number of aryl methyl sites for hydroxylation is 3. The second-order valence-electron chi connectivity index (χ2n) is 8.03. The van der Waals surface area contributed by atoms with Gasteiger partial charge in [-0.25, -0.2) is 15.0 Å². The van der Waals surface area contributed by atoms with Crippen molar-refractivity contribution in [1.29, 1.82) is 0 Å². The first-order valence-corrected chi connectivity index (χ1v) is 11.8. The van der Waals surface area contributed by atoms with Gasteiger partial charge < -0.3 is 4.74 Å². The summed E-state index contributed by atoms with van der Waals surface area (Å²) in [7, 11) is 0. The Morgan fingerprint density at radius 2 is 1.94 bits per heavy atom. The Morgan fingerprint density at radius 1 is 1.15 bits per heavy atom. The Balaban J connectivity index is 1.71. The van der Waals surface area contributed by atoms with Crippen molar-refractivity contribution < 1.29 is 4.74 Å². The fourth-order valence-electron chi connectivity index (χ4n) is 3.42. The summed E-state index contributed by atoms with van der Waals surface area (Å²) in [5.41, 5.74) is 3.70. The number of hydrogen-bond donors (Lipinski definition) is 0. The second kappa shape index (κ2) is 9.41. The number of nitrogens with zero attached hydrogens (tertiary/aromatic N) is 5. The van der Waals surface area contributed by atoms with Crippen LogP contribution in [0, 0.1) is 20.8 Å². The van der Waals surface area contributed by atoms with Crippen molar-refractivity contribution >= 4 is 22.9 Å². The molecule has 170 valence electrons. The zero-order valence-electron chi connectivity index (χ0n) is 19.1. The maximum absolute atomic E-state index is 13.2. The molecule has 33 heavy (non-hydrogen) atoms. The Labute approximate surface area is 201 Å². The minimum Gasteiger partial charge on any atom is -0.470 e. The van der Waals surface area contributed by atoms with Crippen LogP contribution < -0.4 is 10.3 Å². The average Bonchev–Trinajstić information content (AvgIpc) is 3.21. The van der Waals surface area contributed by atoms with Crippen LogP contribution in [0.1, 0.15) is 47.7 Å². The molecule has 0 atom stereocenters. The summed E-state index contributed by atoms with van der Waals surface area (Å²) in [5, 5.41) is 2.78. The van der Waals surface area contributed by atoms with Gasteiger partial charge in [-0.3, -0.25) is 9.36 Å². The number of thiazole rings is 1. The van der Waals surface area contributed by atoms with Crippen LogP contribution in [0.25, 0.3) is 16.9 Å². The van der Waals surface area contributed by atoms with Crippen LogP contribution in [0.5, 0.6) is 5.88 Å². The number of aromatic nitrogens is 5. The highest BCUT2D eigenvalue weighted by Gasteiger charge is 2.17. The number of rotatable bonds is 6. The second-order valence-corrected chi connectivity index (χ2v) is 9.47. The smallest absolute Gasteiger partial charge is 0.280 e. The summed E-state index contributed by atoms with van der Waals surface area (Å²) in [4.78, 5) is 31.1. The molecule has 0 N–H and O–H groups in total. The highest BCUT2D eigenvalue weighted by Crippen LogP contribution is 2.26. The number of halogens is 1. The average molecular weight is 482 g/mol. The molecule has 4 rings (SSSR count). The van der Waals surface area contributed by atoms with Gasteiger partial charge in [0.1, 0.15) is 18.3 Å². The van der Waals surface area contributed by atoms with Crippen LogP contribution in [0.15, 0.2) is 40.6 Å². The summed E-state index contributed by atoms with van der Waals surface area (Å²) < 4.78 is 7.18. The molecule has 9 heteroatoms. The highest BCUT2D eigenvalue weighted by atomic mass is 35.5. The lowest BCUT2D eigenvalue weighted by Crippen LogP contribution is -2.23. The molecule has 0 fully saturated rings. The molecule has 0 radical (unpaired) electrons. The van der Waals surface area contributed by atoms with Crippen LogP contribution >= 0.6 is 22.9 Å². The molecule has 0 amide bonds. The Hall–Kier alpha value is -3.10. The van der Waals surface area contributed by atoms with Gasteiger partial charge in [-0.15, -0.1) is 11.3 Å². The van der Waals surface area contributed by atoms with Crippen molar-refractivity contribution in [3.05, 3.63) is 79.1 Å². The van der Waals surface area contributed by atoms with E-state index >= 15 is 0 Å². The van der Waals surface area contributed by atoms with Gasteiger partial charge in [0, 0.05) is 23.1 Å². The monoisotopic (exact) mass is 481 g/mol. The van der Waals surface area contributed by atoms with Gasteiger partial charge in [-0.1, -0.05) is 37.6 Å². The SMILES string of the molecule is Cc1nc(COc2nc(C)n(-c3cccc(-c4nc(C(C)C)ncc4C)c3)c(=O)c2Cl)cs1. The molecule has 0 aliphatic heterocycles. The summed E-state index contributed by atoms with van der Waals surface area (Å²) >= 11 is 7.90. The van der Waals surface area contributed by atoms with Crippen LogP contribution in [0.4, 0.5) is 0 Å². The van der Waals surface area contributed by atoms with Crippen LogP contribution in [0.2, 0.25) is 5.02 Å². The van der Waals surface area contributed by atoms with E-state index in [0.717, 1.165) is 33.3 Å². The molecule has 0 aliphatic rings. The van der Waals surface area contributed by atoms with Crippen LogP contribution in [0.3, 0.4) is 0 Å². The van der Waals surface area contributed by atoms with Crippen molar-refractivity contribution in [2.75, 3.05) is 0 Å². The summed E-state index contributed by atoms with van der Waals surface area (Å²) in [6.07, 6.45) is 1.83. The van der Waals surface area contributed by atoms with Gasteiger partial charge in [0.25, 0.3) is 5.56 Å². The minimum absolute atomic E-state index is 0.0711. The molecule has 3 heterocycles. The van der Waals surface area contributed by atoms with Gasteiger partial charge >= 0.3 is 0 Å². The predicted octanol–water partition coefficient (Wildman–Crippen LogP) is 5.43. The van der Waals surface area contributed by atoms with E-state index in [0.29, 0.717) is 11.5 Å². The number of ether oxygens (including phenoxy) is 1. The topological polar surface area (TPSA) is 82.8 Å². The molecule has 0 unspecified atom stereocenters. The normalized spacial score (nSPS) is 11.2. The first-order chi connectivity index (χ1) is 15.7. The van der Waals surface area contributed by atoms with Crippen molar-refractivity contribution in [3.63, 3.8) is 0 Å². The van der Waals surface area contributed by atoms with E-state index in [1.165, 1.54) is 15.9 Å². The first-order valence-electron chi connectivity index (χ1n) is 10.5. The third-order valence-corrected chi connectivity index (χ3v) is 6.22. The summed E-state index contributed by atoms with van der Waals surface area (Å²) in [6.45, 7) is 9.95. The number of hydrogen-bond acceptors (Lipinski definition) is 7. The molecular formula is C24H24ClN5O2S. The van der Waals surface area contributed by atoms with E-state index in [-0.39, 0.29) is 23.4 Å². The van der Waals surface area contributed by atoms with Gasteiger partial charge in [-0.2, -0.15) is 4.98 Å². The molecule has 0 spiro atoms. The molecule has 7 nitrogen and oxygen atoms in total. The van der Waals surface area contributed by atoms with E-state index in [4.69, 9.17) is 21.3 Å². The molecule has 3 aromatic heterocycles. The minimum atomic E-state index is -0.395. The third kappa shape index (κ3) is 4.82. The molecule has 0 saturated heterocycles. The van der Waals surface area contributed by atoms with Gasteiger partial charge in [-0.05, 0) is 38.5 Å². The van der Waals surface area contributed by atoms with Crippen molar-refractivity contribution in [3.8, 4) is 22.8 Å². The Kier molecular flexibility index (Phi) is 6.58. The van der Waals surface area contributed by atoms with Crippen molar-refractivity contribution in [1.82, 2.24) is 24.5 Å². The van der Waals surface area contributed by atoms with E-state index in [1.807, 2.05) is 49.7 Å². The highest BCUT2D eigenvalue weighted by molar-refractivity contribution is 7.09. The lowest BCUT2D eigenvalue weighted by molar-refractivity contribution is 0.287. The van der Waals surface area contributed by atoms with Gasteiger partial charge in [0.15, 0.2) is 5.02 Å². The molecule has 4 aromatic rings. The van der Waals surface area contributed by atoms with Crippen molar-refractivity contribution in [2.45, 2.75) is 47.1 Å². The molecular weight excluding hydrogens is 458 g/mol. The lowest BCUT2D eigenvalue weighted by Gasteiger charge is -2.14.